The van der Waals surface area contributed by atoms with Gasteiger partial charge in [-0.3, -0.25) is 4.79 Å². The van der Waals surface area contributed by atoms with Gasteiger partial charge in [0.1, 0.15) is 0 Å². The largest absolute Gasteiger partial charge is 0.395 e. The molecule has 1 aliphatic carbocycles. The predicted molar refractivity (Wildman–Crippen MR) is 68.7 cm³/mol. The zero-order chi connectivity index (χ0) is 11.8. The predicted octanol–water partition coefficient (Wildman–Crippen LogP) is 2.32. The van der Waals surface area contributed by atoms with Crippen molar-refractivity contribution in [3.05, 3.63) is 0 Å². The topological polar surface area (TPSA) is 40.5 Å². The summed E-state index contributed by atoms with van der Waals surface area (Å²) >= 11 is 3.37. The maximum atomic E-state index is 12.0. The molecular formula is C12H22BrNO2. The Morgan fingerprint density at radius 1 is 1.31 bits per heavy atom. The van der Waals surface area contributed by atoms with Crippen LogP contribution >= 0.6 is 15.9 Å². The lowest BCUT2D eigenvalue weighted by Crippen LogP contribution is -2.40. The van der Waals surface area contributed by atoms with Gasteiger partial charge in [0.15, 0.2) is 0 Å². The van der Waals surface area contributed by atoms with Crippen LogP contribution < -0.4 is 0 Å². The zero-order valence-electron chi connectivity index (χ0n) is 9.83. The summed E-state index contributed by atoms with van der Waals surface area (Å²) in [4.78, 5) is 13.9. The highest BCUT2D eigenvalue weighted by Crippen LogP contribution is 2.24. The standard InChI is InChI=1S/C12H22BrNO2/c13-8-4-3-7-12(16)14(9-10-15)11-5-1-2-6-11/h11,15H,1-10H2. The highest BCUT2D eigenvalue weighted by Gasteiger charge is 2.25. The van der Waals surface area contributed by atoms with Crippen molar-refractivity contribution < 1.29 is 9.90 Å². The number of carbonyl (C=O) groups is 1. The maximum absolute atomic E-state index is 12.0. The minimum absolute atomic E-state index is 0.0840. The van der Waals surface area contributed by atoms with E-state index in [2.05, 4.69) is 15.9 Å². The third kappa shape index (κ3) is 4.42. The number of alkyl halides is 1. The lowest BCUT2D eigenvalue weighted by atomic mass is 10.1. The fourth-order valence-electron chi connectivity index (χ4n) is 2.35. The summed E-state index contributed by atoms with van der Waals surface area (Å²) in [5.41, 5.74) is 0. The molecule has 0 unspecified atom stereocenters. The van der Waals surface area contributed by atoms with E-state index in [1.54, 1.807) is 0 Å². The van der Waals surface area contributed by atoms with Gasteiger partial charge in [-0.25, -0.2) is 0 Å². The van der Waals surface area contributed by atoms with E-state index in [1.807, 2.05) is 4.90 Å². The SMILES string of the molecule is O=C(CCCCBr)N(CCO)C1CCCC1. The average molecular weight is 292 g/mol. The molecule has 0 bridgehead atoms. The van der Waals surface area contributed by atoms with Crippen LogP contribution in [-0.4, -0.2) is 40.4 Å². The van der Waals surface area contributed by atoms with E-state index in [1.165, 1.54) is 12.8 Å². The second kappa shape index (κ2) is 8.07. The number of halogens is 1. The Morgan fingerprint density at radius 3 is 2.56 bits per heavy atom. The molecule has 1 N–H and O–H groups in total. The van der Waals surface area contributed by atoms with Gasteiger partial charge >= 0.3 is 0 Å². The highest BCUT2D eigenvalue weighted by molar-refractivity contribution is 9.09. The summed E-state index contributed by atoms with van der Waals surface area (Å²) in [7, 11) is 0. The van der Waals surface area contributed by atoms with E-state index >= 15 is 0 Å². The first-order valence-electron chi connectivity index (χ1n) is 6.26. The molecule has 4 heteroatoms. The second-order valence-corrected chi connectivity index (χ2v) is 5.19. The van der Waals surface area contributed by atoms with Crippen LogP contribution in [0.25, 0.3) is 0 Å². The van der Waals surface area contributed by atoms with E-state index in [-0.39, 0.29) is 12.5 Å². The fourth-order valence-corrected chi connectivity index (χ4v) is 2.75. The summed E-state index contributed by atoms with van der Waals surface area (Å²) < 4.78 is 0. The summed E-state index contributed by atoms with van der Waals surface area (Å²) in [5, 5.41) is 9.98. The molecule has 94 valence electrons. The van der Waals surface area contributed by atoms with Crippen LogP contribution in [0.3, 0.4) is 0 Å². The van der Waals surface area contributed by atoms with Crippen LogP contribution in [0.4, 0.5) is 0 Å². The quantitative estimate of drug-likeness (QED) is 0.578. The van der Waals surface area contributed by atoms with Gasteiger partial charge in [-0.05, 0) is 25.7 Å². The molecule has 0 aromatic rings. The van der Waals surface area contributed by atoms with Gasteiger partial charge in [0.05, 0.1) is 6.61 Å². The van der Waals surface area contributed by atoms with Gasteiger partial charge in [0, 0.05) is 24.3 Å². The Balaban J connectivity index is 2.38. The normalized spacial score (nSPS) is 16.6. The number of aliphatic hydroxyl groups is 1. The number of hydrogen-bond donors (Lipinski definition) is 1. The van der Waals surface area contributed by atoms with Gasteiger partial charge in [-0.15, -0.1) is 0 Å². The molecule has 0 aliphatic heterocycles. The van der Waals surface area contributed by atoms with E-state index in [4.69, 9.17) is 5.11 Å². The molecule has 3 nitrogen and oxygen atoms in total. The van der Waals surface area contributed by atoms with Crippen molar-refractivity contribution in [2.45, 2.75) is 51.0 Å². The molecule has 0 aromatic carbocycles. The Bertz CT molecular complexity index is 205. The summed E-state index contributed by atoms with van der Waals surface area (Å²) in [6.07, 6.45) is 7.29. The Labute approximate surface area is 106 Å². The molecule has 0 spiro atoms. The third-order valence-electron chi connectivity index (χ3n) is 3.20. The van der Waals surface area contributed by atoms with Crippen molar-refractivity contribution in [2.75, 3.05) is 18.5 Å². The lowest BCUT2D eigenvalue weighted by molar-refractivity contribution is -0.134. The molecule has 1 saturated carbocycles. The third-order valence-corrected chi connectivity index (χ3v) is 3.76. The Kier molecular flexibility index (Phi) is 7.05. The lowest BCUT2D eigenvalue weighted by Gasteiger charge is -2.28. The fraction of sp³-hybridized carbons (Fsp3) is 0.917. The number of carbonyl (C=O) groups excluding carboxylic acids is 1. The molecule has 16 heavy (non-hydrogen) atoms. The van der Waals surface area contributed by atoms with Gasteiger partial charge in [-0.2, -0.15) is 0 Å². The van der Waals surface area contributed by atoms with Gasteiger partial charge in [0.25, 0.3) is 0 Å². The number of hydrogen-bond acceptors (Lipinski definition) is 2. The molecule has 0 heterocycles. The Hall–Kier alpha value is -0.0900. The molecule has 1 amide bonds. The first-order chi connectivity index (χ1) is 7.79. The van der Waals surface area contributed by atoms with Crippen LogP contribution in [0.5, 0.6) is 0 Å². The first-order valence-corrected chi connectivity index (χ1v) is 7.38. The van der Waals surface area contributed by atoms with Crippen molar-refractivity contribution in [2.24, 2.45) is 0 Å². The smallest absolute Gasteiger partial charge is 0.222 e. The van der Waals surface area contributed by atoms with E-state index in [0.717, 1.165) is 31.0 Å². The average Bonchev–Trinajstić information content (AvgIpc) is 2.79. The van der Waals surface area contributed by atoms with E-state index < -0.39 is 0 Å². The van der Waals surface area contributed by atoms with Crippen LogP contribution in [-0.2, 0) is 4.79 Å². The van der Waals surface area contributed by atoms with Crippen LogP contribution in [0.1, 0.15) is 44.9 Å². The molecule has 0 radical (unpaired) electrons. The maximum Gasteiger partial charge on any atom is 0.222 e. The van der Waals surface area contributed by atoms with Crippen molar-refractivity contribution in [1.29, 1.82) is 0 Å². The van der Waals surface area contributed by atoms with Gasteiger partial charge in [0.2, 0.25) is 5.91 Å². The van der Waals surface area contributed by atoms with Crippen LogP contribution in [0.2, 0.25) is 0 Å². The molecular weight excluding hydrogens is 270 g/mol. The van der Waals surface area contributed by atoms with Gasteiger partial charge in [-0.1, -0.05) is 28.8 Å². The number of amides is 1. The number of aliphatic hydroxyl groups excluding tert-OH is 1. The summed E-state index contributed by atoms with van der Waals surface area (Å²) in [6, 6.07) is 0.392. The van der Waals surface area contributed by atoms with E-state index in [0.29, 0.717) is 19.0 Å². The van der Waals surface area contributed by atoms with Gasteiger partial charge < -0.3 is 10.0 Å². The van der Waals surface area contributed by atoms with Crippen LogP contribution in [0, 0.1) is 0 Å². The molecule has 1 rings (SSSR count). The Morgan fingerprint density at radius 2 is 2.00 bits per heavy atom. The number of unbranched alkanes of at least 4 members (excludes halogenated alkanes) is 1. The summed E-state index contributed by atoms with van der Waals surface area (Å²) in [6.45, 7) is 0.596. The highest BCUT2D eigenvalue weighted by atomic mass is 79.9. The molecule has 1 aliphatic rings. The van der Waals surface area contributed by atoms with Crippen molar-refractivity contribution in [3.63, 3.8) is 0 Å². The number of rotatable bonds is 7. The minimum Gasteiger partial charge on any atom is -0.395 e. The minimum atomic E-state index is 0.0840. The molecule has 0 atom stereocenters. The van der Waals surface area contributed by atoms with E-state index in [9.17, 15) is 4.79 Å². The van der Waals surface area contributed by atoms with Crippen molar-refractivity contribution in [3.8, 4) is 0 Å². The van der Waals surface area contributed by atoms with Crippen molar-refractivity contribution in [1.82, 2.24) is 4.90 Å². The molecule has 0 aromatic heterocycles. The number of nitrogens with zero attached hydrogens (tertiary/aromatic N) is 1. The second-order valence-electron chi connectivity index (χ2n) is 4.40. The monoisotopic (exact) mass is 291 g/mol. The van der Waals surface area contributed by atoms with Crippen LogP contribution in [0.15, 0.2) is 0 Å². The first kappa shape index (κ1) is 14.0. The molecule has 1 fully saturated rings. The zero-order valence-corrected chi connectivity index (χ0v) is 11.4. The summed E-state index contributed by atoms with van der Waals surface area (Å²) in [5.74, 6) is 0.224. The molecule has 0 saturated heterocycles. The van der Waals surface area contributed by atoms with Crippen molar-refractivity contribution >= 4 is 21.8 Å².